The number of hydrogen-bond acceptors (Lipinski definition) is 4. The second-order valence-corrected chi connectivity index (χ2v) is 7.62. The van der Waals surface area contributed by atoms with Gasteiger partial charge in [-0.3, -0.25) is 9.79 Å². The average molecular weight is 350 g/mol. The zero-order valence-corrected chi connectivity index (χ0v) is 15.4. The molecule has 2 aliphatic rings. The summed E-state index contributed by atoms with van der Waals surface area (Å²) in [6.45, 7) is 4.40. The van der Waals surface area contributed by atoms with Crippen molar-refractivity contribution >= 4 is 23.2 Å². The summed E-state index contributed by atoms with van der Waals surface area (Å²) < 4.78 is 0. The fourth-order valence-electron chi connectivity index (χ4n) is 3.56. The molecule has 3 rings (SSSR count). The molecule has 0 aromatic carbocycles. The molecule has 1 amide bonds. The Morgan fingerprint density at radius 2 is 2.21 bits per heavy atom. The van der Waals surface area contributed by atoms with Gasteiger partial charge in [-0.1, -0.05) is 12.8 Å². The lowest BCUT2D eigenvalue weighted by Crippen LogP contribution is -2.45. The van der Waals surface area contributed by atoms with Crippen LogP contribution in [0, 0.1) is 12.8 Å². The van der Waals surface area contributed by atoms with Gasteiger partial charge in [0.05, 0.1) is 17.7 Å². The van der Waals surface area contributed by atoms with E-state index in [0.29, 0.717) is 5.91 Å². The van der Waals surface area contributed by atoms with Crippen LogP contribution in [0.4, 0.5) is 0 Å². The van der Waals surface area contributed by atoms with Gasteiger partial charge >= 0.3 is 0 Å². The molecule has 1 atom stereocenters. The van der Waals surface area contributed by atoms with E-state index in [0.717, 1.165) is 50.6 Å². The first-order chi connectivity index (χ1) is 11.7. The van der Waals surface area contributed by atoms with Crippen LogP contribution in [-0.2, 0) is 11.3 Å². The summed E-state index contributed by atoms with van der Waals surface area (Å²) in [5.41, 5.74) is 2.93. The summed E-state index contributed by atoms with van der Waals surface area (Å²) in [6.07, 6.45) is 5.55. The second-order valence-electron chi connectivity index (χ2n) is 6.68. The maximum Gasteiger partial charge on any atom is 0.225 e. The number of thiazole rings is 1. The summed E-state index contributed by atoms with van der Waals surface area (Å²) in [7, 11) is 1.78. The highest BCUT2D eigenvalue weighted by Gasteiger charge is 2.32. The standard InChI is InChI=1S/C17H27N5OS/c1-12-15(24-11-20-12)9-19-17(18-2)21-14-7-8-22(10-14)16(23)13-5-3-4-6-13/h11,13-14H,3-10H2,1-2H3,(H2,18,19,21). The Morgan fingerprint density at radius 1 is 1.42 bits per heavy atom. The lowest BCUT2D eigenvalue weighted by atomic mass is 10.1. The zero-order chi connectivity index (χ0) is 16.9. The van der Waals surface area contributed by atoms with Crippen molar-refractivity contribution in [2.45, 2.75) is 51.6 Å². The molecule has 1 aromatic heterocycles. The molecule has 1 aromatic rings. The number of nitrogens with one attached hydrogen (secondary N) is 2. The van der Waals surface area contributed by atoms with E-state index in [-0.39, 0.29) is 12.0 Å². The molecule has 2 N–H and O–H groups in total. The molecule has 1 aliphatic heterocycles. The highest BCUT2D eigenvalue weighted by atomic mass is 32.1. The molecule has 0 bridgehead atoms. The average Bonchev–Trinajstić information content (AvgIpc) is 3.33. The van der Waals surface area contributed by atoms with Crippen LogP contribution in [-0.4, -0.2) is 47.9 Å². The van der Waals surface area contributed by atoms with E-state index >= 15 is 0 Å². The third-order valence-corrected chi connectivity index (χ3v) is 5.97. The minimum Gasteiger partial charge on any atom is -0.352 e. The first-order valence-electron chi connectivity index (χ1n) is 8.82. The molecule has 6 nitrogen and oxygen atoms in total. The second kappa shape index (κ2) is 7.96. The topological polar surface area (TPSA) is 69.6 Å². The molecule has 132 valence electrons. The van der Waals surface area contributed by atoms with E-state index in [2.05, 4.69) is 20.6 Å². The first kappa shape index (κ1) is 17.2. The van der Waals surface area contributed by atoms with Crippen molar-refractivity contribution < 1.29 is 4.79 Å². The van der Waals surface area contributed by atoms with Gasteiger partial charge < -0.3 is 15.5 Å². The molecule has 24 heavy (non-hydrogen) atoms. The number of aryl methyl sites for hydroxylation is 1. The Labute approximate surface area is 147 Å². The SMILES string of the molecule is CN=C(NCc1scnc1C)NC1CCN(C(=O)C2CCCC2)C1. The smallest absolute Gasteiger partial charge is 0.225 e. The first-order valence-corrected chi connectivity index (χ1v) is 9.70. The van der Waals surface area contributed by atoms with Gasteiger partial charge in [0.25, 0.3) is 0 Å². The van der Waals surface area contributed by atoms with E-state index < -0.39 is 0 Å². The molecule has 7 heteroatoms. The van der Waals surface area contributed by atoms with Crippen LogP contribution in [0.25, 0.3) is 0 Å². The van der Waals surface area contributed by atoms with Crippen molar-refractivity contribution in [3.8, 4) is 0 Å². The van der Waals surface area contributed by atoms with Gasteiger partial charge in [0.2, 0.25) is 5.91 Å². The van der Waals surface area contributed by atoms with Crippen molar-refractivity contribution in [3.63, 3.8) is 0 Å². The summed E-state index contributed by atoms with van der Waals surface area (Å²) in [4.78, 5) is 24.3. The lowest BCUT2D eigenvalue weighted by molar-refractivity contribution is -0.134. The summed E-state index contributed by atoms with van der Waals surface area (Å²) in [6, 6.07) is 0.282. The van der Waals surface area contributed by atoms with Gasteiger partial charge in [-0.15, -0.1) is 11.3 Å². The number of carbonyl (C=O) groups excluding carboxylic acids is 1. The Morgan fingerprint density at radius 3 is 2.88 bits per heavy atom. The molecular weight excluding hydrogens is 322 g/mol. The minimum absolute atomic E-state index is 0.274. The van der Waals surface area contributed by atoms with Gasteiger partial charge in [0.1, 0.15) is 0 Å². The number of likely N-dealkylation sites (tertiary alicyclic amines) is 1. The van der Waals surface area contributed by atoms with Crippen molar-refractivity contribution in [1.82, 2.24) is 20.5 Å². The number of carbonyl (C=O) groups is 1. The Hall–Kier alpha value is -1.63. The van der Waals surface area contributed by atoms with E-state index in [9.17, 15) is 4.79 Å². The Balaban J connectivity index is 1.46. The molecule has 0 spiro atoms. The fourth-order valence-corrected chi connectivity index (χ4v) is 4.27. The van der Waals surface area contributed by atoms with Crippen molar-refractivity contribution in [2.75, 3.05) is 20.1 Å². The zero-order valence-electron chi connectivity index (χ0n) is 14.5. The van der Waals surface area contributed by atoms with Gasteiger partial charge in [0, 0.05) is 37.0 Å². The minimum atomic E-state index is 0.274. The van der Waals surface area contributed by atoms with E-state index in [1.807, 2.05) is 17.3 Å². The number of aliphatic imine (C=N–C) groups is 1. The van der Waals surface area contributed by atoms with E-state index in [4.69, 9.17) is 0 Å². The van der Waals surface area contributed by atoms with Crippen LogP contribution in [0.2, 0.25) is 0 Å². The van der Waals surface area contributed by atoms with Crippen LogP contribution in [0.3, 0.4) is 0 Å². The molecule has 0 radical (unpaired) electrons. The summed E-state index contributed by atoms with van der Waals surface area (Å²) >= 11 is 1.65. The Kier molecular flexibility index (Phi) is 5.71. The van der Waals surface area contributed by atoms with E-state index in [1.54, 1.807) is 18.4 Å². The number of guanidine groups is 1. The molecule has 1 saturated carbocycles. The Bertz CT molecular complexity index is 594. The monoisotopic (exact) mass is 349 g/mol. The maximum absolute atomic E-state index is 12.5. The van der Waals surface area contributed by atoms with Crippen LogP contribution in [0.15, 0.2) is 10.5 Å². The fraction of sp³-hybridized carbons (Fsp3) is 0.706. The number of nitrogens with zero attached hydrogens (tertiary/aromatic N) is 3. The van der Waals surface area contributed by atoms with Crippen LogP contribution in [0.1, 0.15) is 42.7 Å². The van der Waals surface area contributed by atoms with Gasteiger partial charge in [-0.2, -0.15) is 0 Å². The molecule has 1 saturated heterocycles. The highest BCUT2D eigenvalue weighted by molar-refractivity contribution is 7.09. The highest BCUT2D eigenvalue weighted by Crippen LogP contribution is 2.27. The molecule has 1 aliphatic carbocycles. The number of aromatic nitrogens is 1. The number of hydrogen-bond donors (Lipinski definition) is 2. The third-order valence-electron chi connectivity index (χ3n) is 5.03. The largest absolute Gasteiger partial charge is 0.352 e. The molecular formula is C17H27N5OS. The predicted molar refractivity (Wildman–Crippen MR) is 97.1 cm³/mol. The van der Waals surface area contributed by atoms with Crippen LogP contribution < -0.4 is 10.6 Å². The van der Waals surface area contributed by atoms with Gasteiger partial charge in [0.15, 0.2) is 5.96 Å². The molecule has 1 unspecified atom stereocenters. The van der Waals surface area contributed by atoms with Crippen molar-refractivity contribution in [1.29, 1.82) is 0 Å². The quantitative estimate of drug-likeness (QED) is 0.643. The third kappa shape index (κ3) is 4.06. The van der Waals surface area contributed by atoms with E-state index in [1.165, 1.54) is 17.7 Å². The summed E-state index contributed by atoms with van der Waals surface area (Å²) in [5, 5.41) is 6.80. The van der Waals surface area contributed by atoms with Crippen molar-refractivity contribution in [2.24, 2.45) is 10.9 Å². The van der Waals surface area contributed by atoms with Crippen molar-refractivity contribution in [3.05, 3.63) is 16.1 Å². The van der Waals surface area contributed by atoms with Gasteiger partial charge in [-0.05, 0) is 26.2 Å². The summed E-state index contributed by atoms with van der Waals surface area (Å²) in [5.74, 6) is 1.43. The maximum atomic E-state index is 12.5. The molecule has 2 fully saturated rings. The predicted octanol–water partition coefficient (Wildman–Crippen LogP) is 1.91. The van der Waals surface area contributed by atoms with Gasteiger partial charge in [-0.25, -0.2) is 4.98 Å². The lowest BCUT2D eigenvalue weighted by Gasteiger charge is -2.21. The number of rotatable bonds is 4. The van der Waals surface area contributed by atoms with Crippen LogP contribution in [0.5, 0.6) is 0 Å². The van der Waals surface area contributed by atoms with Crippen LogP contribution >= 0.6 is 11.3 Å². The number of amides is 1. The normalized spacial score (nSPS) is 22.2. The molecule has 2 heterocycles.